The summed E-state index contributed by atoms with van der Waals surface area (Å²) in [7, 11) is 0. The number of carbonyl (C=O) groups excluding carboxylic acids is 7. The van der Waals surface area contributed by atoms with Crippen molar-refractivity contribution in [3.8, 4) is 0 Å². The molecule has 0 spiro atoms. The molecule has 3 fully saturated rings. The van der Waals surface area contributed by atoms with Gasteiger partial charge in [0.25, 0.3) is 0 Å². The van der Waals surface area contributed by atoms with Crippen LogP contribution in [0.4, 0.5) is 0 Å². The minimum absolute atomic E-state index is 0.0185. The molecular weight excluding hydrogens is 1080 g/mol. The molecule has 440 valence electrons. The zero-order valence-corrected chi connectivity index (χ0v) is 46.0. The van der Waals surface area contributed by atoms with Crippen molar-refractivity contribution in [1.82, 2.24) is 5.32 Å². The number of hydrogen-bond donors (Lipinski definition) is 2. The van der Waals surface area contributed by atoms with E-state index in [1.165, 1.54) is 50.2 Å². The van der Waals surface area contributed by atoms with Crippen LogP contribution in [0.25, 0.3) is 0 Å². The molecule has 8 rings (SSSR count). The predicted octanol–water partition coefficient (Wildman–Crippen LogP) is 5.35. The van der Waals surface area contributed by atoms with Gasteiger partial charge in [0.15, 0.2) is 55.5 Å². The summed E-state index contributed by atoms with van der Waals surface area (Å²) in [6, 6.07) is 40.2. The van der Waals surface area contributed by atoms with Crippen molar-refractivity contribution in [2.24, 2.45) is 0 Å². The summed E-state index contributed by atoms with van der Waals surface area (Å²) in [5.74, 6) is -6.11. The van der Waals surface area contributed by atoms with Crippen LogP contribution in [0.2, 0.25) is 0 Å². The molecule has 2 N–H and O–H groups in total. The molecule has 0 aromatic heterocycles. The zero-order valence-electron chi connectivity index (χ0n) is 46.0. The smallest absolute Gasteiger partial charge is 0.338 e. The first kappa shape index (κ1) is 61.1. The van der Waals surface area contributed by atoms with E-state index in [0.717, 1.165) is 26.3 Å². The zero-order chi connectivity index (χ0) is 59.0. The van der Waals surface area contributed by atoms with Crippen molar-refractivity contribution in [3.05, 3.63) is 179 Å². The average molecular weight is 1150 g/mol. The van der Waals surface area contributed by atoms with Crippen LogP contribution in [0.15, 0.2) is 152 Å². The molecule has 22 nitrogen and oxygen atoms in total. The van der Waals surface area contributed by atoms with Crippen molar-refractivity contribution >= 4 is 41.7 Å². The normalized spacial score (nSPS) is 27.6. The summed E-state index contributed by atoms with van der Waals surface area (Å²) in [6.45, 7) is 5.06. The lowest BCUT2D eigenvalue weighted by Crippen LogP contribution is -2.70. The highest BCUT2D eigenvalue weighted by Gasteiger charge is 2.59. The Hall–Kier alpha value is -7.93. The van der Waals surface area contributed by atoms with E-state index in [1.807, 2.05) is 36.4 Å². The van der Waals surface area contributed by atoms with Crippen molar-refractivity contribution < 1.29 is 100 Å². The van der Waals surface area contributed by atoms with Gasteiger partial charge in [-0.3, -0.25) is 19.2 Å². The number of aliphatic hydroxyl groups is 1. The van der Waals surface area contributed by atoms with Crippen LogP contribution >= 0.6 is 0 Å². The fourth-order valence-electron chi connectivity index (χ4n) is 9.68. The van der Waals surface area contributed by atoms with Gasteiger partial charge in [-0.25, -0.2) is 14.4 Å². The molecule has 0 aliphatic carbocycles. The second kappa shape index (κ2) is 29.4. The SMILES string of the molecule is CC(=O)N[C@@H]1[C@@H](O[C@H]2O[C@H](COC(C)=O)[C@H](OC(C)=O)[C@H](OC(C)=O)[C@H]2O[C@@H]2O[C@@H](C)[C@H](OC(=O)c3ccccc3)[C@@H](OC(=O)c3ccccc3)[C@H]2OC(=O)c2ccccc2)[C@H](OCc2ccccc2)[C@@H](COCc2ccccc2)O[C@@H]1O. The molecule has 83 heavy (non-hydrogen) atoms. The Morgan fingerprint density at radius 1 is 0.446 bits per heavy atom. The molecule has 5 aromatic rings. The number of amides is 1. The van der Waals surface area contributed by atoms with E-state index in [1.54, 1.807) is 78.9 Å². The van der Waals surface area contributed by atoms with Crippen LogP contribution in [0.3, 0.4) is 0 Å². The Morgan fingerprint density at radius 3 is 1.39 bits per heavy atom. The Labute approximate surface area is 478 Å². The summed E-state index contributed by atoms with van der Waals surface area (Å²) in [5, 5.41) is 14.6. The van der Waals surface area contributed by atoms with Crippen LogP contribution in [0, 0.1) is 0 Å². The summed E-state index contributed by atoms with van der Waals surface area (Å²) < 4.78 is 81.9. The van der Waals surface area contributed by atoms with Crippen molar-refractivity contribution in [2.75, 3.05) is 13.2 Å². The standard InChI is InChI=1S/C61H65NO21/c1-35-48(79-56(67)42-25-15-8-16-26-42)52(80-57(68)43-27-17-9-18-28-43)54(81-58(69)44-29-19-10-20-30-44)60(74-35)83-55-53(76-39(5)66)50(75-38(4)65)46(34-72-37(3)64)78-61(55)82-51-47(62-36(2)63)59(70)77-45(33-71-31-40-21-11-6-12-22-40)49(51)73-32-41-23-13-7-14-24-41/h6-30,35,45-55,59-61,70H,31-34H2,1-5H3,(H,62,63)/t35-,45+,46+,47+,48-,49+,50-,51+,52+,53-,54+,55+,59-,60-,61+/m0/s1. The number of benzene rings is 5. The molecule has 3 aliphatic rings. The maximum atomic E-state index is 14.4. The molecule has 5 aromatic carbocycles. The Morgan fingerprint density at radius 2 is 0.880 bits per heavy atom. The summed E-state index contributed by atoms with van der Waals surface area (Å²) in [5.41, 5.74) is 1.69. The van der Waals surface area contributed by atoms with Crippen LogP contribution in [0.5, 0.6) is 0 Å². The maximum absolute atomic E-state index is 14.4. The highest BCUT2D eigenvalue weighted by molar-refractivity contribution is 5.91. The minimum Gasteiger partial charge on any atom is -0.463 e. The third kappa shape index (κ3) is 16.6. The first-order valence-corrected chi connectivity index (χ1v) is 26.8. The van der Waals surface area contributed by atoms with Crippen molar-refractivity contribution in [1.29, 1.82) is 0 Å². The van der Waals surface area contributed by atoms with Crippen molar-refractivity contribution in [3.63, 3.8) is 0 Å². The largest absolute Gasteiger partial charge is 0.463 e. The third-order valence-corrected chi connectivity index (χ3v) is 13.4. The van der Waals surface area contributed by atoms with E-state index in [4.69, 9.17) is 61.6 Å². The molecule has 0 saturated carbocycles. The van der Waals surface area contributed by atoms with Crippen molar-refractivity contribution in [2.45, 2.75) is 140 Å². The number of ether oxygens (including phenoxy) is 13. The van der Waals surface area contributed by atoms with Gasteiger partial charge in [-0.1, -0.05) is 115 Å². The first-order valence-electron chi connectivity index (χ1n) is 26.8. The van der Waals surface area contributed by atoms with Gasteiger partial charge in [-0.05, 0) is 54.4 Å². The molecule has 3 heterocycles. The van der Waals surface area contributed by atoms with Crippen LogP contribution in [-0.2, 0) is 94.0 Å². The molecule has 0 bridgehead atoms. The van der Waals surface area contributed by atoms with Gasteiger partial charge < -0.3 is 72.0 Å². The molecule has 22 heteroatoms. The van der Waals surface area contributed by atoms with Crippen LogP contribution in [0.1, 0.15) is 76.8 Å². The molecule has 3 aliphatic heterocycles. The van der Waals surface area contributed by atoms with E-state index >= 15 is 0 Å². The Kier molecular flexibility index (Phi) is 21.6. The van der Waals surface area contributed by atoms with Gasteiger partial charge in [-0.2, -0.15) is 0 Å². The van der Waals surface area contributed by atoms with Gasteiger partial charge in [0.1, 0.15) is 37.1 Å². The number of rotatable bonds is 22. The fraction of sp³-hybridized carbons (Fsp3) is 0.393. The molecule has 3 saturated heterocycles. The second-order valence-electron chi connectivity index (χ2n) is 19.7. The molecule has 0 radical (unpaired) electrons. The minimum atomic E-state index is -1.95. The molecule has 1 amide bonds. The number of esters is 6. The highest BCUT2D eigenvalue weighted by atomic mass is 16.8. The summed E-state index contributed by atoms with van der Waals surface area (Å²) >= 11 is 0. The average Bonchev–Trinajstić information content (AvgIpc) is 3.36. The quantitative estimate of drug-likeness (QED) is 0.0652. The van der Waals surface area contributed by atoms with Gasteiger partial charge in [0.05, 0.1) is 42.6 Å². The number of carbonyl (C=O) groups is 7. The summed E-state index contributed by atoms with van der Waals surface area (Å²) in [6.07, 6.45) is -23.2. The van der Waals surface area contributed by atoms with Crippen LogP contribution < -0.4 is 5.32 Å². The van der Waals surface area contributed by atoms with E-state index in [0.29, 0.717) is 5.56 Å². The highest BCUT2D eigenvalue weighted by Crippen LogP contribution is 2.38. The lowest BCUT2D eigenvalue weighted by Gasteiger charge is -2.50. The molecule has 15 atom stereocenters. The second-order valence-corrected chi connectivity index (χ2v) is 19.7. The van der Waals surface area contributed by atoms with Crippen LogP contribution in [-0.4, -0.2) is 152 Å². The lowest BCUT2D eigenvalue weighted by atomic mass is 9.94. The van der Waals surface area contributed by atoms with Gasteiger partial charge >= 0.3 is 35.8 Å². The van der Waals surface area contributed by atoms with Gasteiger partial charge in [0, 0.05) is 27.7 Å². The number of nitrogens with one attached hydrogen (secondary N) is 1. The molecular formula is C61H65NO21. The lowest BCUT2D eigenvalue weighted by molar-refractivity contribution is -0.381. The number of hydrogen-bond acceptors (Lipinski definition) is 21. The third-order valence-electron chi connectivity index (χ3n) is 13.4. The van der Waals surface area contributed by atoms with E-state index in [-0.39, 0.29) is 36.5 Å². The fourth-order valence-corrected chi connectivity index (χ4v) is 9.68. The first-order chi connectivity index (χ1) is 40.0. The maximum Gasteiger partial charge on any atom is 0.338 e. The van der Waals surface area contributed by atoms with E-state index in [9.17, 15) is 38.7 Å². The predicted molar refractivity (Wildman–Crippen MR) is 287 cm³/mol. The number of aliphatic hydroxyl groups excluding tert-OH is 1. The monoisotopic (exact) mass is 1150 g/mol. The van der Waals surface area contributed by atoms with E-state index in [2.05, 4.69) is 5.32 Å². The Balaban J connectivity index is 1.26. The topological polar surface area (TPSA) is 272 Å². The summed E-state index contributed by atoms with van der Waals surface area (Å²) in [4.78, 5) is 94.9. The van der Waals surface area contributed by atoms with Gasteiger partial charge in [0.2, 0.25) is 5.91 Å². The molecule has 0 unspecified atom stereocenters. The van der Waals surface area contributed by atoms with Gasteiger partial charge in [-0.15, -0.1) is 0 Å². The van der Waals surface area contributed by atoms with E-state index < -0.39 is 140 Å². The Bertz CT molecular complexity index is 2940.